The molecule has 0 amide bonds. The number of methoxy groups -OCH3 is 1. The van der Waals surface area contributed by atoms with E-state index in [2.05, 4.69) is 18.3 Å². The molecule has 0 saturated heterocycles. The third-order valence-electron chi connectivity index (χ3n) is 4.38. The van der Waals surface area contributed by atoms with Crippen molar-refractivity contribution >= 4 is 0 Å². The molecule has 1 N–H and O–H groups in total. The Hall–Kier alpha value is -1.53. The molecule has 1 aliphatic rings. The minimum Gasteiger partial charge on any atom is -0.496 e. The number of rotatable bonds is 5. The van der Waals surface area contributed by atoms with Crippen LogP contribution >= 0.6 is 0 Å². The average Bonchev–Trinajstić information content (AvgIpc) is 2.53. The van der Waals surface area contributed by atoms with Crippen molar-refractivity contribution in [1.82, 2.24) is 5.32 Å². The fourth-order valence-corrected chi connectivity index (χ4v) is 3.06. The van der Waals surface area contributed by atoms with Gasteiger partial charge in [-0.15, -0.1) is 0 Å². The van der Waals surface area contributed by atoms with Crippen LogP contribution in [0.4, 0.5) is 0 Å². The van der Waals surface area contributed by atoms with E-state index in [1.165, 1.54) is 32.1 Å². The van der Waals surface area contributed by atoms with Crippen LogP contribution in [0.2, 0.25) is 0 Å². The van der Waals surface area contributed by atoms with Gasteiger partial charge in [0.25, 0.3) is 0 Å². The molecule has 20 heavy (non-hydrogen) atoms. The van der Waals surface area contributed by atoms with Crippen LogP contribution in [0, 0.1) is 17.2 Å². The zero-order valence-corrected chi connectivity index (χ0v) is 12.5. The summed E-state index contributed by atoms with van der Waals surface area (Å²) >= 11 is 0. The lowest BCUT2D eigenvalue weighted by molar-refractivity contribution is 0.279. The van der Waals surface area contributed by atoms with Crippen LogP contribution < -0.4 is 10.1 Å². The molecule has 0 radical (unpaired) electrons. The second kappa shape index (κ2) is 7.31. The molecular weight excluding hydrogens is 248 g/mol. The molecule has 0 aliphatic heterocycles. The highest BCUT2D eigenvalue weighted by molar-refractivity contribution is 5.42. The maximum absolute atomic E-state index is 9.00. The SMILES string of the molecule is COc1ccc(C#N)cc1CN[C@@H](C)C1CCCCC1. The zero-order chi connectivity index (χ0) is 14.4. The highest BCUT2D eigenvalue weighted by Crippen LogP contribution is 2.27. The molecule has 3 heteroatoms. The van der Waals surface area contributed by atoms with E-state index in [1.54, 1.807) is 13.2 Å². The summed E-state index contributed by atoms with van der Waals surface area (Å²) in [6, 6.07) is 8.30. The molecule has 1 fully saturated rings. The first-order chi connectivity index (χ1) is 9.74. The summed E-state index contributed by atoms with van der Waals surface area (Å²) in [6.45, 7) is 3.03. The molecule has 1 saturated carbocycles. The van der Waals surface area contributed by atoms with Crippen LogP contribution in [0.15, 0.2) is 18.2 Å². The van der Waals surface area contributed by atoms with Gasteiger partial charge < -0.3 is 10.1 Å². The number of benzene rings is 1. The van der Waals surface area contributed by atoms with Crippen molar-refractivity contribution in [3.05, 3.63) is 29.3 Å². The largest absolute Gasteiger partial charge is 0.496 e. The molecular formula is C17H24N2O. The van der Waals surface area contributed by atoms with Gasteiger partial charge in [-0.05, 0) is 43.9 Å². The van der Waals surface area contributed by atoms with Gasteiger partial charge in [-0.2, -0.15) is 5.26 Å². The molecule has 108 valence electrons. The van der Waals surface area contributed by atoms with E-state index in [1.807, 2.05) is 12.1 Å². The third-order valence-corrected chi connectivity index (χ3v) is 4.38. The van der Waals surface area contributed by atoms with E-state index < -0.39 is 0 Å². The van der Waals surface area contributed by atoms with Gasteiger partial charge in [0.05, 0.1) is 18.7 Å². The molecule has 1 aromatic carbocycles. The van der Waals surface area contributed by atoms with Crippen LogP contribution in [-0.2, 0) is 6.54 Å². The Balaban J connectivity index is 1.97. The molecule has 0 bridgehead atoms. The fourth-order valence-electron chi connectivity index (χ4n) is 3.06. The van der Waals surface area contributed by atoms with Crippen molar-refractivity contribution < 1.29 is 4.74 Å². The number of hydrogen-bond donors (Lipinski definition) is 1. The van der Waals surface area contributed by atoms with Crippen LogP contribution in [0.5, 0.6) is 5.75 Å². The maximum Gasteiger partial charge on any atom is 0.123 e. The molecule has 2 rings (SSSR count). The van der Waals surface area contributed by atoms with E-state index in [0.29, 0.717) is 11.6 Å². The van der Waals surface area contributed by atoms with Crippen molar-refractivity contribution in [2.24, 2.45) is 5.92 Å². The monoisotopic (exact) mass is 272 g/mol. The zero-order valence-electron chi connectivity index (χ0n) is 12.5. The minimum atomic E-state index is 0.519. The Bertz CT molecular complexity index is 472. The van der Waals surface area contributed by atoms with Crippen LogP contribution in [-0.4, -0.2) is 13.2 Å². The van der Waals surface area contributed by atoms with Crippen LogP contribution in [0.3, 0.4) is 0 Å². The van der Waals surface area contributed by atoms with E-state index in [-0.39, 0.29) is 0 Å². The number of nitrogens with zero attached hydrogens (tertiary/aromatic N) is 1. The van der Waals surface area contributed by atoms with Crippen molar-refractivity contribution in [3.63, 3.8) is 0 Å². The summed E-state index contributed by atoms with van der Waals surface area (Å²) in [4.78, 5) is 0. The van der Waals surface area contributed by atoms with Crippen LogP contribution in [0.1, 0.15) is 50.2 Å². The number of ether oxygens (including phenoxy) is 1. The fraction of sp³-hybridized carbons (Fsp3) is 0.588. The molecule has 1 aromatic rings. The molecule has 1 aliphatic carbocycles. The Labute approximate surface area is 121 Å². The van der Waals surface area contributed by atoms with Crippen molar-refractivity contribution in [1.29, 1.82) is 5.26 Å². The molecule has 0 unspecified atom stereocenters. The number of nitrogens with one attached hydrogen (secondary N) is 1. The highest BCUT2D eigenvalue weighted by atomic mass is 16.5. The van der Waals surface area contributed by atoms with E-state index in [4.69, 9.17) is 10.00 Å². The first-order valence-corrected chi connectivity index (χ1v) is 7.55. The van der Waals surface area contributed by atoms with E-state index in [0.717, 1.165) is 23.8 Å². The smallest absolute Gasteiger partial charge is 0.123 e. The lowest BCUT2D eigenvalue weighted by atomic mass is 9.84. The van der Waals surface area contributed by atoms with E-state index in [9.17, 15) is 0 Å². The van der Waals surface area contributed by atoms with Crippen LogP contribution in [0.25, 0.3) is 0 Å². The van der Waals surface area contributed by atoms with Gasteiger partial charge in [-0.25, -0.2) is 0 Å². The molecule has 3 nitrogen and oxygen atoms in total. The molecule has 0 aromatic heterocycles. The second-order valence-electron chi connectivity index (χ2n) is 5.71. The maximum atomic E-state index is 9.00. The van der Waals surface area contributed by atoms with Gasteiger partial charge in [-0.3, -0.25) is 0 Å². The normalized spacial score (nSPS) is 17.4. The van der Waals surface area contributed by atoms with Gasteiger partial charge in [-0.1, -0.05) is 19.3 Å². The van der Waals surface area contributed by atoms with Gasteiger partial charge in [0, 0.05) is 18.2 Å². The van der Waals surface area contributed by atoms with Crippen molar-refractivity contribution in [3.8, 4) is 11.8 Å². The van der Waals surface area contributed by atoms with Gasteiger partial charge >= 0.3 is 0 Å². The van der Waals surface area contributed by atoms with Gasteiger partial charge in [0.1, 0.15) is 5.75 Å². The minimum absolute atomic E-state index is 0.519. The van der Waals surface area contributed by atoms with Gasteiger partial charge in [0.2, 0.25) is 0 Å². The Morgan fingerprint density at radius 3 is 2.75 bits per heavy atom. The summed E-state index contributed by atoms with van der Waals surface area (Å²) in [5, 5.41) is 12.6. The topological polar surface area (TPSA) is 45.0 Å². The standard InChI is InChI=1S/C17H24N2O/c1-13(15-6-4-3-5-7-15)19-12-16-10-14(11-18)8-9-17(16)20-2/h8-10,13,15,19H,3-7,12H2,1-2H3/t13-/m0/s1. The first-order valence-electron chi connectivity index (χ1n) is 7.55. The van der Waals surface area contributed by atoms with Gasteiger partial charge in [0.15, 0.2) is 0 Å². The second-order valence-corrected chi connectivity index (χ2v) is 5.71. The predicted molar refractivity (Wildman–Crippen MR) is 80.6 cm³/mol. The van der Waals surface area contributed by atoms with E-state index >= 15 is 0 Å². The quantitative estimate of drug-likeness (QED) is 0.890. The highest BCUT2D eigenvalue weighted by Gasteiger charge is 2.19. The van der Waals surface area contributed by atoms with Crippen molar-refractivity contribution in [2.75, 3.05) is 7.11 Å². The Kier molecular flexibility index (Phi) is 5.43. The van der Waals surface area contributed by atoms with Crippen molar-refractivity contribution in [2.45, 2.75) is 51.6 Å². The lowest BCUT2D eigenvalue weighted by Gasteiger charge is -2.28. The molecule has 0 spiro atoms. The summed E-state index contributed by atoms with van der Waals surface area (Å²) in [7, 11) is 1.68. The molecule has 1 atom stereocenters. The summed E-state index contributed by atoms with van der Waals surface area (Å²) in [6.07, 6.45) is 6.79. The molecule has 0 heterocycles. The average molecular weight is 272 g/mol. The first kappa shape index (κ1) is 14.9. The lowest BCUT2D eigenvalue weighted by Crippen LogP contribution is -2.34. The third kappa shape index (κ3) is 3.74. The number of hydrogen-bond acceptors (Lipinski definition) is 3. The Morgan fingerprint density at radius 2 is 2.10 bits per heavy atom. The summed E-state index contributed by atoms with van der Waals surface area (Å²) < 4.78 is 5.37. The predicted octanol–water partition coefficient (Wildman–Crippen LogP) is 3.63. The number of nitriles is 1. The Morgan fingerprint density at radius 1 is 1.35 bits per heavy atom. The summed E-state index contributed by atoms with van der Waals surface area (Å²) in [5.74, 6) is 1.64. The summed E-state index contributed by atoms with van der Waals surface area (Å²) in [5.41, 5.74) is 1.75.